The lowest BCUT2D eigenvalue weighted by molar-refractivity contribution is -0.124. The third-order valence-corrected chi connectivity index (χ3v) is 2.78. The first kappa shape index (κ1) is 12.6. The summed E-state index contributed by atoms with van der Waals surface area (Å²) in [5, 5.41) is 2.60. The smallest absolute Gasteiger partial charge is 0.242 e. The Morgan fingerprint density at radius 2 is 1.94 bits per heavy atom. The largest absolute Gasteiger partial charge is 0.368 e. The van der Waals surface area contributed by atoms with Crippen LogP contribution in [0.5, 0.6) is 0 Å². The van der Waals surface area contributed by atoms with Crippen LogP contribution in [0.4, 0.5) is 8.78 Å². The molecule has 1 rings (SSSR count). The highest BCUT2D eigenvalue weighted by atomic mass is 19.1. The molecule has 5 heteroatoms. The highest BCUT2D eigenvalue weighted by molar-refractivity contribution is 5.85. The van der Waals surface area contributed by atoms with Crippen LogP contribution in [-0.2, 0) is 10.3 Å². The molecule has 1 atom stereocenters. The number of aryl methyl sites for hydroxylation is 1. The number of carbonyl (C=O) groups is 1. The van der Waals surface area contributed by atoms with Crippen molar-refractivity contribution in [1.29, 1.82) is 0 Å². The summed E-state index contributed by atoms with van der Waals surface area (Å²) in [6, 6.07) is 2.04. The first-order valence-corrected chi connectivity index (χ1v) is 4.78. The Morgan fingerprint density at radius 3 is 2.38 bits per heavy atom. The summed E-state index contributed by atoms with van der Waals surface area (Å²) in [6.45, 7) is 2.85. The lowest BCUT2D eigenvalue weighted by Crippen LogP contribution is -2.49. The maximum atomic E-state index is 13.7. The summed E-state index contributed by atoms with van der Waals surface area (Å²) in [6.07, 6.45) is 0. The Bertz CT molecular complexity index is 434. The van der Waals surface area contributed by atoms with Gasteiger partial charge in [0, 0.05) is 5.56 Å². The minimum absolute atomic E-state index is 0.0920. The first-order valence-electron chi connectivity index (χ1n) is 4.78. The zero-order valence-electron chi connectivity index (χ0n) is 9.40. The molecule has 0 fully saturated rings. The van der Waals surface area contributed by atoms with E-state index in [-0.39, 0.29) is 11.1 Å². The van der Waals surface area contributed by atoms with Gasteiger partial charge >= 0.3 is 0 Å². The second-order valence-electron chi connectivity index (χ2n) is 3.82. The maximum absolute atomic E-state index is 13.7. The molecule has 0 spiro atoms. The van der Waals surface area contributed by atoms with Gasteiger partial charge in [0.05, 0.1) is 0 Å². The van der Waals surface area contributed by atoms with E-state index in [2.05, 4.69) is 5.32 Å². The molecule has 0 aromatic heterocycles. The van der Waals surface area contributed by atoms with Crippen molar-refractivity contribution >= 4 is 5.91 Å². The van der Waals surface area contributed by atoms with Gasteiger partial charge in [-0.25, -0.2) is 8.78 Å². The van der Waals surface area contributed by atoms with Crippen molar-refractivity contribution in [2.45, 2.75) is 19.4 Å². The normalized spacial score (nSPS) is 14.6. The number of hydrogen-bond acceptors (Lipinski definition) is 2. The van der Waals surface area contributed by atoms with Crippen LogP contribution >= 0.6 is 0 Å². The van der Waals surface area contributed by atoms with Crippen molar-refractivity contribution in [2.75, 3.05) is 7.05 Å². The van der Waals surface area contributed by atoms with Crippen molar-refractivity contribution in [3.8, 4) is 0 Å². The van der Waals surface area contributed by atoms with E-state index in [4.69, 9.17) is 5.73 Å². The lowest BCUT2D eigenvalue weighted by Gasteiger charge is -2.26. The average molecular weight is 228 g/mol. The van der Waals surface area contributed by atoms with E-state index < -0.39 is 23.1 Å². The Morgan fingerprint density at radius 1 is 1.38 bits per heavy atom. The fourth-order valence-corrected chi connectivity index (χ4v) is 1.42. The molecule has 3 N–H and O–H groups in total. The predicted octanol–water partition coefficient (Wildman–Crippen LogP) is 1.19. The summed E-state index contributed by atoms with van der Waals surface area (Å²) in [4.78, 5) is 11.3. The van der Waals surface area contributed by atoms with Gasteiger partial charge in [0.2, 0.25) is 5.91 Å². The monoisotopic (exact) mass is 228 g/mol. The summed E-state index contributed by atoms with van der Waals surface area (Å²) in [5.41, 5.74) is 3.85. The summed E-state index contributed by atoms with van der Waals surface area (Å²) in [7, 11) is 1.46. The quantitative estimate of drug-likeness (QED) is 0.816. The molecule has 0 saturated carbocycles. The molecular weight excluding hydrogens is 214 g/mol. The molecule has 0 bridgehead atoms. The minimum Gasteiger partial charge on any atom is -0.368 e. The Hall–Kier alpha value is -1.49. The molecule has 16 heavy (non-hydrogen) atoms. The van der Waals surface area contributed by atoms with E-state index >= 15 is 0 Å². The van der Waals surface area contributed by atoms with E-state index in [0.29, 0.717) is 0 Å². The van der Waals surface area contributed by atoms with Gasteiger partial charge in [-0.15, -0.1) is 0 Å². The van der Waals surface area contributed by atoms with Crippen molar-refractivity contribution < 1.29 is 13.6 Å². The van der Waals surface area contributed by atoms with Crippen molar-refractivity contribution in [2.24, 2.45) is 5.73 Å². The Labute approximate surface area is 92.6 Å². The molecule has 0 saturated heterocycles. The number of hydrogen-bond donors (Lipinski definition) is 2. The molecular formula is C11H14F2N2O. The second-order valence-corrected chi connectivity index (χ2v) is 3.82. The standard InChI is InChI=1S/C11H14F2N2O/c1-6-4-9(13)7(5-8(6)12)11(2,15-3)10(14)16/h4-5,15H,1-3H3,(H2,14,16). The van der Waals surface area contributed by atoms with Crippen molar-refractivity contribution in [3.63, 3.8) is 0 Å². The number of amides is 1. The Balaban J connectivity index is 3.42. The van der Waals surface area contributed by atoms with E-state index in [1.807, 2.05) is 0 Å². The third kappa shape index (κ3) is 1.90. The molecule has 1 unspecified atom stereocenters. The summed E-state index contributed by atoms with van der Waals surface area (Å²) in [5.74, 6) is -1.99. The molecule has 0 aliphatic heterocycles. The van der Waals surface area contributed by atoms with Crippen LogP contribution in [0.25, 0.3) is 0 Å². The van der Waals surface area contributed by atoms with Crippen LogP contribution in [0.2, 0.25) is 0 Å². The van der Waals surface area contributed by atoms with Crippen LogP contribution in [0.3, 0.4) is 0 Å². The van der Waals surface area contributed by atoms with Gasteiger partial charge in [-0.2, -0.15) is 0 Å². The molecule has 1 aromatic rings. The molecule has 88 valence electrons. The average Bonchev–Trinajstić information content (AvgIpc) is 2.22. The molecule has 0 heterocycles. The number of rotatable bonds is 3. The number of likely N-dealkylation sites (N-methyl/N-ethyl adjacent to an activating group) is 1. The molecule has 1 amide bonds. The number of nitrogens with two attached hydrogens (primary N) is 1. The zero-order chi connectivity index (χ0) is 12.5. The highest BCUT2D eigenvalue weighted by Crippen LogP contribution is 2.25. The molecule has 0 aliphatic rings. The van der Waals surface area contributed by atoms with Crippen molar-refractivity contribution in [3.05, 3.63) is 34.9 Å². The maximum Gasteiger partial charge on any atom is 0.242 e. The van der Waals surface area contributed by atoms with Gasteiger partial charge in [0.15, 0.2) is 0 Å². The molecule has 0 aliphatic carbocycles. The molecule has 3 nitrogen and oxygen atoms in total. The third-order valence-electron chi connectivity index (χ3n) is 2.78. The number of benzene rings is 1. The van der Waals surface area contributed by atoms with Gasteiger partial charge in [-0.3, -0.25) is 4.79 Å². The minimum atomic E-state index is -1.42. The number of nitrogens with one attached hydrogen (secondary N) is 1. The van der Waals surface area contributed by atoms with Crippen LogP contribution in [0.1, 0.15) is 18.1 Å². The number of halogens is 2. The van der Waals surface area contributed by atoms with Crippen LogP contribution in [0, 0.1) is 18.6 Å². The summed E-state index contributed by atoms with van der Waals surface area (Å²) >= 11 is 0. The number of primary amides is 1. The van der Waals surface area contributed by atoms with Crippen LogP contribution in [-0.4, -0.2) is 13.0 Å². The van der Waals surface area contributed by atoms with E-state index in [9.17, 15) is 13.6 Å². The van der Waals surface area contributed by atoms with Gasteiger partial charge in [-0.1, -0.05) is 0 Å². The predicted molar refractivity (Wildman–Crippen MR) is 56.7 cm³/mol. The lowest BCUT2D eigenvalue weighted by atomic mass is 9.90. The topological polar surface area (TPSA) is 55.1 Å². The second kappa shape index (κ2) is 4.17. The summed E-state index contributed by atoms with van der Waals surface area (Å²) < 4.78 is 27.0. The van der Waals surface area contributed by atoms with E-state index in [1.54, 1.807) is 0 Å². The zero-order valence-corrected chi connectivity index (χ0v) is 9.40. The Kier molecular flexibility index (Phi) is 3.28. The highest BCUT2D eigenvalue weighted by Gasteiger charge is 2.34. The molecule has 0 radical (unpaired) electrons. The van der Waals surface area contributed by atoms with Crippen molar-refractivity contribution in [1.82, 2.24) is 5.32 Å². The van der Waals surface area contributed by atoms with Crippen LogP contribution < -0.4 is 11.1 Å². The fourth-order valence-electron chi connectivity index (χ4n) is 1.42. The van der Waals surface area contributed by atoms with Gasteiger partial charge in [0.25, 0.3) is 0 Å². The first-order chi connectivity index (χ1) is 7.32. The van der Waals surface area contributed by atoms with Gasteiger partial charge in [-0.05, 0) is 38.6 Å². The fraction of sp³-hybridized carbons (Fsp3) is 0.364. The van der Waals surface area contributed by atoms with Crippen LogP contribution in [0.15, 0.2) is 12.1 Å². The van der Waals surface area contributed by atoms with Gasteiger partial charge in [0.1, 0.15) is 17.2 Å². The molecule has 1 aromatic carbocycles. The van der Waals surface area contributed by atoms with Gasteiger partial charge < -0.3 is 11.1 Å². The SMILES string of the molecule is CNC(C)(C(N)=O)c1cc(F)c(C)cc1F. The van der Waals surface area contributed by atoms with E-state index in [1.165, 1.54) is 20.9 Å². The number of carbonyl (C=O) groups excluding carboxylic acids is 1. The van der Waals surface area contributed by atoms with E-state index in [0.717, 1.165) is 12.1 Å².